The quantitative estimate of drug-likeness (QED) is 0.836. The second-order valence-electron chi connectivity index (χ2n) is 9.03. The Morgan fingerprint density at radius 1 is 1.09 bits per heavy atom. The predicted molar refractivity (Wildman–Crippen MR) is 96.6 cm³/mol. The van der Waals surface area contributed by atoms with Gasteiger partial charge in [-0.25, -0.2) is 0 Å². The van der Waals surface area contributed by atoms with E-state index in [9.17, 15) is 4.79 Å². The van der Waals surface area contributed by atoms with Gasteiger partial charge in [0.15, 0.2) is 0 Å². The van der Waals surface area contributed by atoms with Crippen LogP contribution in [0.3, 0.4) is 0 Å². The molecule has 5 rings (SSSR count). The van der Waals surface area contributed by atoms with Crippen molar-refractivity contribution in [2.75, 3.05) is 19.8 Å². The number of carbonyl (C=O) groups is 1. The van der Waals surface area contributed by atoms with Crippen LogP contribution in [0.1, 0.15) is 57.8 Å². The van der Waals surface area contributed by atoms with E-state index in [1.165, 1.54) is 51.4 Å². The third-order valence-corrected chi connectivity index (χ3v) is 8.50. The van der Waals surface area contributed by atoms with Gasteiger partial charge in [0.05, 0.1) is 5.75 Å². The molecule has 0 radical (unpaired) electrons. The van der Waals surface area contributed by atoms with Gasteiger partial charge in [0.25, 0.3) is 0 Å². The molecule has 5 saturated carbocycles. The Bertz CT molecular complexity index is 429. The van der Waals surface area contributed by atoms with Gasteiger partial charge in [0.1, 0.15) is 0 Å². The number of thioether (sulfide) groups is 1. The van der Waals surface area contributed by atoms with Crippen LogP contribution in [-0.2, 0) is 4.79 Å². The molecule has 3 nitrogen and oxygen atoms in total. The summed E-state index contributed by atoms with van der Waals surface area (Å²) in [5.74, 6) is 3.90. The van der Waals surface area contributed by atoms with Crippen LogP contribution < -0.4 is 5.32 Å². The maximum absolute atomic E-state index is 12.5. The van der Waals surface area contributed by atoms with Gasteiger partial charge in [0, 0.05) is 16.8 Å². The predicted octanol–water partition coefficient (Wildman–Crippen LogP) is 3.29. The lowest BCUT2D eigenvalue weighted by atomic mass is 9.56. The van der Waals surface area contributed by atoms with Gasteiger partial charge in [-0.05, 0) is 89.6 Å². The molecule has 4 bridgehead atoms. The van der Waals surface area contributed by atoms with Crippen LogP contribution >= 0.6 is 11.8 Å². The first-order valence-corrected chi connectivity index (χ1v) is 10.6. The van der Waals surface area contributed by atoms with E-state index in [0.717, 1.165) is 24.2 Å². The van der Waals surface area contributed by atoms with Crippen LogP contribution in [0.2, 0.25) is 0 Å². The fraction of sp³-hybridized carbons (Fsp3) is 0.947. The summed E-state index contributed by atoms with van der Waals surface area (Å²) in [4.78, 5) is 14.8. The number of nitrogens with zero attached hydrogens (tertiary/aromatic N) is 1. The fourth-order valence-electron chi connectivity index (χ4n) is 6.40. The maximum atomic E-state index is 12.5. The molecule has 4 heteroatoms. The van der Waals surface area contributed by atoms with Gasteiger partial charge in [0.2, 0.25) is 5.91 Å². The number of nitrogens with one attached hydrogen (secondary N) is 1. The van der Waals surface area contributed by atoms with Crippen LogP contribution in [0.5, 0.6) is 0 Å². The van der Waals surface area contributed by atoms with E-state index >= 15 is 0 Å². The zero-order valence-corrected chi connectivity index (χ0v) is 15.5. The van der Waals surface area contributed by atoms with Crippen LogP contribution in [0, 0.1) is 17.8 Å². The van der Waals surface area contributed by atoms with Gasteiger partial charge in [-0.15, -0.1) is 11.8 Å². The Balaban J connectivity index is 1.30. The highest BCUT2D eigenvalue weighted by molar-refractivity contribution is 8.01. The third kappa shape index (κ3) is 3.30. The Hall–Kier alpha value is -0.220. The Morgan fingerprint density at radius 3 is 2.26 bits per heavy atom. The summed E-state index contributed by atoms with van der Waals surface area (Å²) in [6, 6.07) is 0.901. The average molecular weight is 337 g/mol. The minimum Gasteiger partial charge on any atom is -0.351 e. The molecule has 1 N–H and O–H groups in total. The molecule has 0 aromatic carbocycles. The van der Waals surface area contributed by atoms with Crippen LogP contribution in [0.15, 0.2) is 0 Å². The molecule has 0 aliphatic heterocycles. The van der Waals surface area contributed by atoms with E-state index in [2.05, 4.69) is 24.3 Å². The highest BCUT2D eigenvalue weighted by Gasteiger charge is 2.51. The molecule has 5 aliphatic rings. The summed E-state index contributed by atoms with van der Waals surface area (Å²) in [5.41, 5.74) is 0. The molecular weight excluding hydrogens is 304 g/mol. The molecule has 5 aliphatic carbocycles. The molecule has 0 unspecified atom stereocenters. The highest BCUT2D eigenvalue weighted by atomic mass is 32.2. The lowest BCUT2D eigenvalue weighted by Crippen LogP contribution is -2.50. The molecule has 0 heterocycles. The van der Waals surface area contributed by atoms with Crippen molar-refractivity contribution in [1.82, 2.24) is 10.2 Å². The number of hydrogen-bond donors (Lipinski definition) is 1. The summed E-state index contributed by atoms with van der Waals surface area (Å²) in [5, 5.41) is 3.34. The number of carbonyl (C=O) groups excluding carboxylic acids is 1. The molecule has 0 aromatic heterocycles. The number of amides is 1. The van der Waals surface area contributed by atoms with Crippen molar-refractivity contribution in [1.29, 1.82) is 0 Å². The van der Waals surface area contributed by atoms with Crippen molar-refractivity contribution in [3.63, 3.8) is 0 Å². The minimum absolute atomic E-state index is 0.282. The minimum atomic E-state index is 0.282. The number of likely N-dealkylation sites (N-methyl/N-ethyl adjacent to an activating group) is 1. The first-order valence-electron chi connectivity index (χ1n) is 9.63. The van der Waals surface area contributed by atoms with Crippen molar-refractivity contribution in [2.24, 2.45) is 17.8 Å². The maximum Gasteiger partial charge on any atom is 0.230 e. The van der Waals surface area contributed by atoms with Gasteiger partial charge in [-0.3, -0.25) is 4.79 Å². The van der Waals surface area contributed by atoms with E-state index < -0.39 is 0 Å². The number of rotatable bonds is 5. The smallest absolute Gasteiger partial charge is 0.230 e. The van der Waals surface area contributed by atoms with E-state index in [-0.39, 0.29) is 5.91 Å². The molecule has 5 fully saturated rings. The fourth-order valence-corrected chi connectivity index (χ4v) is 7.98. The van der Waals surface area contributed by atoms with E-state index in [4.69, 9.17) is 0 Å². The van der Waals surface area contributed by atoms with Gasteiger partial charge in [-0.2, -0.15) is 0 Å². The average Bonchev–Trinajstić information content (AvgIpc) is 2.92. The van der Waals surface area contributed by atoms with Crippen molar-refractivity contribution in [3.8, 4) is 0 Å². The van der Waals surface area contributed by atoms with E-state index in [1.807, 2.05) is 11.8 Å². The van der Waals surface area contributed by atoms with Crippen LogP contribution in [0.4, 0.5) is 0 Å². The van der Waals surface area contributed by atoms with Crippen molar-refractivity contribution >= 4 is 17.7 Å². The standard InChI is InChI=1S/C19H32N2OS/c1-21(2)17-5-3-4-16(17)20-18(22)12-23-19-9-13-6-14(10-19)8-15(7-13)11-19/h13-17H,3-12H2,1-2H3,(H,20,22)/t13?,14?,15?,16-,17-,19?/m1/s1. The molecule has 130 valence electrons. The Kier molecular flexibility index (Phi) is 4.42. The van der Waals surface area contributed by atoms with Gasteiger partial charge < -0.3 is 10.2 Å². The van der Waals surface area contributed by atoms with E-state index in [0.29, 0.717) is 22.6 Å². The summed E-state index contributed by atoms with van der Waals surface area (Å²) >= 11 is 2.01. The first kappa shape index (κ1) is 16.3. The third-order valence-electron chi connectivity index (χ3n) is 6.98. The van der Waals surface area contributed by atoms with Crippen LogP contribution in [0.25, 0.3) is 0 Å². The molecular formula is C19H32N2OS. The largest absolute Gasteiger partial charge is 0.351 e. The zero-order valence-electron chi connectivity index (χ0n) is 14.7. The summed E-state index contributed by atoms with van der Waals surface area (Å²) in [6.07, 6.45) is 12.2. The summed E-state index contributed by atoms with van der Waals surface area (Å²) in [7, 11) is 4.28. The summed E-state index contributed by atoms with van der Waals surface area (Å²) in [6.45, 7) is 0. The number of hydrogen-bond acceptors (Lipinski definition) is 3. The van der Waals surface area contributed by atoms with Gasteiger partial charge >= 0.3 is 0 Å². The van der Waals surface area contributed by atoms with Crippen molar-refractivity contribution < 1.29 is 4.79 Å². The highest BCUT2D eigenvalue weighted by Crippen LogP contribution is 2.60. The Labute approximate surface area is 145 Å². The normalized spacial score (nSPS) is 44.9. The van der Waals surface area contributed by atoms with Crippen LogP contribution in [-0.4, -0.2) is 47.5 Å². The molecule has 2 atom stereocenters. The first-order chi connectivity index (χ1) is 11.0. The van der Waals surface area contributed by atoms with Crippen molar-refractivity contribution in [2.45, 2.75) is 74.6 Å². The molecule has 23 heavy (non-hydrogen) atoms. The SMILES string of the molecule is CN(C)[C@@H]1CCC[C@H]1NC(=O)CSC12CC3CC(CC(C3)C1)C2. The van der Waals surface area contributed by atoms with E-state index in [1.54, 1.807) is 0 Å². The summed E-state index contributed by atoms with van der Waals surface area (Å²) < 4.78 is 0.461. The van der Waals surface area contributed by atoms with Crippen molar-refractivity contribution in [3.05, 3.63) is 0 Å². The van der Waals surface area contributed by atoms with Gasteiger partial charge in [-0.1, -0.05) is 0 Å². The second-order valence-corrected chi connectivity index (χ2v) is 10.5. The zero-order chi connectivity index (χ0) is 16.0. The Morgan fingerprint density at radius 2 is 1.70 bits per heavy atom. The molecule has 0 aromatic rings. The topological polar surface area (TPSA) is 32.3 Å². The second kappa shape index (κ2) is 6.25. The lowest BCUT2D eigenvalue weighted by molar-refractivity contribution is -0.119. The lowest BCUT2D eigenvalue weighted by Gasteiger charge is -2.56. The molecule has 0 saturated heterocycles. The monoisotopic (exact) mass is 336 g/mol. The molecule has 0 spiro atoms. The molecule has 1 amide bonds.